The van der Waals surface area contributed by atoms with E-state index in [0.29, 0.717) is 0 Å². The molecular weight excluding hydrogens is 264 g/mol. The van der Waals surface area contributed by atoms with Crippen molar-refractivity contribution in [3.63, 3.8) is 0 Å². The van der Waals surface area contributed by atoms with E-state index in [2.05, 4.69) is 37.9 Å². The lowest BCUT2D eigenvalue weighted by atomic mass is 9.85. The molecule has 0 spiro atoms. The predicted molar refractivity (Wildman–Crippen MR) is 88.3 cm³/mol. The van der Waals surface area contributed by atoms with Gasteiger partial charge in [-0.1, -0.05) is 19.9 Å². The van der Waals surface area contributed by atoms with Gasteiger partial charge in [0.2, 0.25) is 0 Å². The van der Waals surface area contributed by atoms with Crippen LogP contribution in [0, 0.1) is 0 Å². The van der Waals surface area contributed by atoms with Crippen LogP contribution >= 0.6 is 0 Å². The van der Waals surface area contributed by atoms with Crippen LogP contribution in [0.4, 0.5) is 0 Å². The van der Waals surface area contributed by atoms with Crippen molar-refractivity contribution in [3.05, 3.63) is 23.8 Å². The van der Waals surface area contributed by atoms with E-state index in [1.807, 2.05) is 25.2 Å². The summed E-state index contributed by atoms with van der Waals surface area (Å²) >= 11 is 0. The number of hydrogen-bond donors (Lipinski definition) is 1. The number of nitrogens with one attached hydrogen (secondary N) is 1. The van der Waals surface area contributed by atoms with Gasteiger partial charge in [0.15, 0.2) is 0 Å². The third-order valence-corrected chi connectivity index (χ3v) is 4.33. The van der Waals surface area contributed by atoms with Crippen LogP contribution in [0.25, 0.3) is 0 Å². The molecule has 0 saturated carbocycles. The zero-order valence-corrected chi connectivity index (χ0v) is 14.5. The van der Waals surface area contributed by atoms with E-state index >= 15 is 0 Å². The fourth-order valence-electron chi connectivity index (χ4n) is 3.24. The summed E-state index contributed by atoms with van der Waals surface area (Å²) in [6, 6.07) is 6.03. The molecule has 4 heteroatoms. The van der Waals surface area contributed by atoms with Crippen LogP contribution < -0.4 is 14.8 Å². The van der Waals surface area contributed by atoms with Gasteiger partial charge < -0.3 is 14.8 Å². The average molecular weight is 294 g/mol. The zero-order chi connectivity index (χ0) is 16.0. The van der Waals surface area contributed by atoms with Crippen molar-refractivity contribution in [2.75, 3.05) is 34.4 Å². The highest BCUT2D eigenvalue weighted by molar-refractivity contribution is 5.48. The molecule has 0 aliphatic carbocycles. The highest BCUT2D eigenvalue weighted by atomic mass is 16.5. The topological polar surface area (TPSA) is 33.7 Å². The molecule has 0 saturated heterocycles. The van der Waals surface area contributed by atoms with Gasteiger partial charge in [0, 0.05) is 5.54 Å². The molecule has 1 unspecified atom stereocenters. The Morgan fingerprint density at radius 2 is 1.57 bits per heavy atom. The van der Waals surface area contributed by atoms with Gasteiger partial charge in [0.1, 0.15) is 11.5 Å². The Morgan fingerprint density at radius 1 is 1.10 bits per heavy atom. The Kier molecular flexibility index (Phi) is 6.49. The van der Waals surface area contributed by atoms with Gasteiger partial charge in [-0.2, -0.15) is 0 Å². The van der Waals surface area contributed by atoms with Gasteiger partial charge in [0.25, 0.3) is 0 Å². The summed E-state index contributed by atoms with van der Waals surface area (Å²) in [5.74, 6) is 1.71. The minimum atomic E-state index is -0.0693. The first-order valence-electron chi connectivity index (χ1n) is 7.61. The summed E-state index contributed by atoms with van der Waals surface area (Å²) in [5, 5.41) is 3.46. The van der Waals surface area contributed by atoms with Crippen LogP contribution in [0.1, 0.15) is 39.3 Å². The maximum absolute atomic E-state index is 5.57. The number of hydrogen-bond acceptors (Lipinski definition) is 4. The molecule has 4 nitrogen and oxygen atoms in total. The molecule has 0 heterocycles. The molecule has 0 radical (unpaired) electrons. The van der Waals surface area contributed by atoms with Crippen LogP contribution in [0.3, 0.4) is 0 Å². The molecule has 0 bridgehead atoms. The maximum atomic E-state index is 5.57. The highest BCUT2D eigenvalue weighted by Gasteiger charge is 2.37. The number of nitrogens with zero attached hydrogens (tertiary/aromatic N) is 1. The van der Waals surface area contributed by atoms with Crippen molar-refractivity contribution in [2.45, 2.75) is 39.3 Å². The van der Waals surface area contributed by atoms with Crippen molar-refractivity contribution in [1.82, 2.24) is 10.2 Å². The van der Waals surface area contributed by atoms with Gasteiger partial charge in [-0.3, -0.25) is 4.90 Å². The SMILES string of the molecule is CCN(CC)C(C)(C)C(NC)c1c(OC)cccc1OC. The molecule has 0 amide bonds. The van der Waals surface area contributed by atoms with Gasteiger partial charge in [-0.15, -0.1) is 0 Å². The molecule has 1 N–H and O–H groups in total. The van der Waals surface area contributed by atoms with E-state index in [1.165, 1.54) is 0 Å². The minimum Gasteiger partial charge on any atom is -0.496 e. The molecule has 0 aliphatic heterocycles. The zero-order valence-electron chi connectivity index (χ0n) is 14.5. The van der Waals surface area contributed by atoms with Crippen LogP contribution in [0.15, 0.2) is 18.2 Å². The number of rotatable bonds is 8. The average Bonchev–Trinajstić information content (AvgIpc) is 2.48. The van der Waals surface area contributed by atoms with E-state index in [9.17, 15) is 0 Å². The van der Waals surface area contributed by atoms with Crippen molar-refractivity contribution in [1.29, 1.82) is 0 Å². The molecule has 0 aliphatic rings. The van der Waals surface area contributed by atoms with Crippen molar-refractivity contribution in [2.24, 2.45) is 0 Å². The summed E-state index contributed by atoms with van der Waals surface area (Å²) in [4.78, 5) is 2.44. The second-order valence-corrected chi connectivity index (χ2v) is 5.62. The number of benzene rings is 1. The third-order valence-electron chi connectivity index (χ3n) is 4.33. The van der Waals surface area contributed by atoms with Crippen LogP contribution in [0.2, 0.25) is 0 Å². The fraction of sp³-hybridized carbons (Fsp3) is 0.647. The molecule has 1 aromatic carbocycles. The normalized spacial score (nSPS) is 13.3. The molecule has 21 heavy (non-hydrogen) atoms. The lowest BCUT2D eigenvalue weighted by Gasteiger charge is -2.44. The molecule has 120 valence electrons. The molecule has 1 atom stereocenters. The van der Waals surface area contributed by atoms with Crippen LogP contribution in [0.5, 0.6) is 11.5 Å². The van der Waals surface area contributed by atoms with Crippen molar-refractivity contribution >= 4 is 0 Å². The monoisotopic (exact) mass is 294 g/mol. The fourth-order valence-corrected chi connectivity index (χ4v) is 3.24. The van der Waals surface area contributed by atoms with E-state index in [1.54, 1.807) is 14.2 Å². The first-order chi connectivity index (χ1) is 9.97. The van der Waals surface area contributed by atoms with E-state index in [4.69, 9.17) is 9.47 Å². The predicted octanol–water partition coefficient (Wildman–Crippen LogP) is 3.08. The molecule has 1 aromatic rings. The lowest BCUT2D eigenvalue weighted by molar-refractivity contribution is 0.0921. The van der Waals surface area contributed by atoms with Gasteiger partial charge in [-0.25, -0.2) is 0 Å². The number of likely N-dealkylation sites (N-methyl/N-ethyl adjacent to an activating group) is 2. The van der Waals surface area contributed by atoms with Crippen LogP contribution in [-0.2, 0) is 0 Å². The number of ether oxygens (including phenoxy) is 2. The third kappa shape index (κ3) is 3.50. The summed E-state index contributed by atoms with van der Waals surface area (Å²) in [6.07, 6.45) is 0. The van der Waals surface area contributed by atoms with E-state index < -0.39 is 0 Å². The second-order valence-electron chi connectivity index (χ2n) is 5.62. The summed E-state index contributed by atoms with van der Waals surface area (Å²) < 4.78 is 11.1. The standard InChI is InChI=1S/C17H30N2O2/c1-8-19(9-2)17(3,4)16(18-5)15-13(20-6)11-10-12-14(15)21-7/h10-12,16,18H,8-9H2,1-7H3. The summed E-state index contributed by atoms with van der Waals surface area (Å²) in [6.45, 7) is 10.9. The Labute approximate surface area is 129 Å². The first kappa shape index (κ1) is 17.8. The van der Waals surface area contributed by atoms with E-state index in [-0.39, 0.29) is 11.6 Å². The Balaban J connectivity index is 3.39. The summed E-state index contributed by atoms with van der Waals surface area (Å²) in [7, 11) is 5.40. The van der Waals surface area contributed by atoms with Gasteiger partial charge >= 0.3 is 0 Å². The number of methoxy groups -OCH3 is 2. The smallest absolute Gasteiger partial charge is 0.127 e. The lowest BCUT2D eigenvalue weighted by Crippen LogP contribution is -2.52. The first-order valence-corrected chi connectivity index (χ1v) is 7.61. The quantitative estimate of drug-likeness (QED) is 0.799. The second kappa shape index (κ2) is 7.66. The minimum absolute atomic E-state index is 0.0693. The largest absolute Gasteiger partial charge is 0.496 e. The van der Waals surface area contributed by atoms with E-state index in [0.717, 1.165) is 30.2 Å². The molecule has 0 aromatic heterocycles. The Morgan fingerprint density at radius 3 is 1.90 bits per heavy atom. The molecule has 1 rings (SSSR count). The molecule has 0 fully saturated rings. The van der Waals surface area contributed by atoms with Crippen LogP contribution in [-0.4, -0.2) is 44.8 Å². The van der Waals surface area contributed by atoms with Crippen molar-refractivity contribution < 1.29 is 9.47 Å². The Bertz CT molecular complexity index is 420. The van der Waals surface area contributed by atoms with Gasteiger partial charge in [0.05, 0.1) is 25.8 Å². The summed E-state index contributed by atoms with van der Waals surface area (Å²) in [5.41, 5.74) is 1.00. The Hall–Kier alpha value is -1.26. The maximum Gasteiger partial charge on any atom is 0.127 e. The van der Waals surface area contributed by atoms with Gasteiger partial charge in [-0.05, 0) is 46.1 Å². The van der Waals surface area contributed by atoms with Crippen molar-refractivity contribution in [3.8, 4) is 11.5 Å². The molecular formula is C17H30N2O2. The highest BCUT2D eigenvalue weighted by Crippen LogP contribution is 2.40.